The summed E-state index contributed by atoms with van der Waals surface area (Å²) in [5.74, 6) is 0. The lowest BCUT2D eigenvalue weighted by molar-refractivity contribution is -0.122. The Bertz CT molecular complexity index is 376. The lowest BCUT2D eigenvalue weighted by Crippen LogP contribution is -2.14. The van der Waals surface area contributed by atoms with E-state index in [0.717, 1.165) is 13.1 Å². The van der Waals surface area contributed by atoms with Gasteiger partial charge in [0.25, 0.3) is 6.47 Å². The van der Waals surface area contributed by atoms with Gasteiger partial charge in [0.05, 0.1) is 0 Å². The molecule has 0 amide bonds. The first-order valence-corrected chi connectivity index (χ1v) is 9.64. The van der Waals surface area contributed by atoms with Crippen LogP contribution in [0.4, 0.5) is 0 Å². The minimum absolute atomic E-state index is 0. The predicted molar refractivity (Wildman–Crippen MR) is 110 cm³/mol. The maximum atomic E-state index is 8.36. The fraction of sp³-hybridized carbons (Fsp3) is 0.682. The molecule has 0 aromatic heterocycles. The molecule has 0 saturated heterocycles. The van der Waals surface area contributed by atoms with Crippen LogP contribution in [0.5, 0.6) is 0 Å². The molecule has 0 aliphatic rings. The van der Waals surface area contributed by atoms with Crippen LogP contribution in [0.3, 0.4) is 0 Å². The van der Waals surface area contributed by atoms with Crippen LogP contribution >= 0.6 is 0 Å². The van der Waals surface area contributed by atoms with Gasteiger partial charge >= 0.3 is 0 Å². The van der Waals surface area contributed by atoms with Crippen molar-refractivity contribution in [3.63, 3.8) is 0 Å². The minimum Gasteiger partial charge on any atom is -0.483 e. The Balaban J connectivity index is 0. The van der Waals surface area contributed by atoms with E-state index >= 15 is 0 Å². The highest BCUT2D eigenvalue weighted by atomic mass is 16.3. The quantitative estimate of drug-likeness (QED) is 0.328. The zero-order valence-corrected chi connectivity index (χ0v) is 15.7. The van der Waals surface area contributed by atoms with Crippen LogP contribution in [-0.2, 0) is 17.8 Å². The van der Waals surface area contributed by atoms with Crippen LogP contribution in [0.1, 0.15) is 90.2 Å². The van der Waals surface area contributed by atoms with E-state index in [-0.39, 0.29) is 13.9 Å². The smallest absolute Gasteiger partial charge is 0.290 e. The van der Waals surface area contributed by atoms with Crippen LogP contribution in [0.25, 0.3) is 0 Å². The van der Waals surface area contributed by atoms with E-state index in [0.29, 0.717) is 0 Å². The van der Waals surface area contributed by atoms with Crippen molar-refractivity contribution >= 4 is 6.47 Å². The van der Waals surface area contributed by atoms with Crippen LogP contribution in [-0.4, -0.2) is 18.1 Å². The van der Waals surface area contributed by atoms with E-state index < -0.39 is 0 Å². The van der Waals surface area contributed by atoms with Gasteiger partial charge in [-0.2, -0.15) is 0 Å². The fourth-order valence-corrected chi connectivity index (χ4v) is 2.64. The Morgan fingerprint density at radius 2 is 1.32 bits per heavy atom. The van der Waals surface area contributed by atoms with Crippen molar-refractivity contribution in [3.05, 3.63) is 35.4 Å². The molecule has 1 rings (SSSR count). The summed E-state index contributed by atoms with van der Waals surface area (Å²) in [5.41, 5.74) is 2.91. The topological polar surface area (TPSA) is 49.3 Å². The first kappa shape index (κ1) is 25.9. The van der Waals surface area contributed by atoms with Gasteiger partial charge in [-0.3, -0.25) is 4.79 Å². The molecule has 0 atom stereocenters. The van der Waals surface area contributed by atoms with Crippen LogP contribution in [0.15, 0.2) is 24.3 Å². The number of hydrogen-bond acceptors (Lipinski definition) is 2. The summed E-state index contributed by atoms with van der Waals surface area (Å²) in [4.78, 5) is 8.36. The number of carboxylic acid groups (broad SMARTS) is 1. The number of unbranched alkanes of at least 4 members (excludes halogenated alkanes) is 7. The molecule has 0 radical (unpaired) electrons. The Kier molecular flexibility index (Phi) is 21.4. The van der Waals surface area contributed by atoms with Crippen molar-refractivity contribution in [2.75, 3.05) is 6.54 Å². The summed E-state index contributed by atoms with van der Waals surface area (Å²) in [6.07, 6.45) is 13.6. The highest BCUT2D eigenvalue weighted by Crippen LogP contribution is 2.11. The monoisotopic (exact) mass is 351 g/mol. The summed E-state index contributed by atoms with van der Waals surface area (Å²) >= 11 is 0. The molecule has 0 aliphatic heterocycles. The van der Waals surface area contributed by atoms with Gasteiger partial charge in [0.2, 0.25) is 0 Å². The normalized spacial score (nSPS) is 9.68. The molecular formula is C22H41NO2. The van der Waals surface area contributed by atoms with Gasteiger partial charge in [-0.15, -0.1) is 0 Å². The standard InChI is InChI=1S/C20H35N.CH2O2.CH4/c1-3-5-7-8-9-10-11-12-19-13-15-20(16-14-19)18-21-17-6-4-2;2-1-3;/h13-16,21H,3-12,17-18H2,1-2H3;1H,(H,2,3);1H4. The van der Waals surface area contributed by atoms with Gasteiger partial charge in [-0.25, -0.2) is 0 Å². The zero-order valence-electron chi connectivity index (χ0n) is 15.7. The van der Waals surface area contributed by atoms with Crippen LogP contribution < -0.4 is 5.32 Å². The Labute approximate surface area is 156 Å². The molecule has 0 aliphatic carbocycles. The van der Waals surface area contributed by atoms with Gasteiger partial charge in [-0.1, -0.05) is 90.5 Å². The van der Waals surface area contributed by atoms with E-state index in [2.05, 4.69) is 43.4 Å². The van der Waals surface area contributed by atoms with E-state index in [1.807, 2.05) is 0 Å². The summed E-state index contributed by atoms with van der Waals surface area (Å²) in [6, 6.07) is 9.20. The Morgan fingerprint density at radius 1 is 0.840 bits per heavy atom. The molecule has 3 nitrogen and oxygen atoms in total. The number of aryl methyl sites for hydroxylation is 1. The second-order valence-electron chi connectivity index (χ2n) is 6.32. The predicted octanol–water partition coefficient (Wildman–Crippen LogP) is 6.21. The molecule has 0 saturated carbocycles. The van der Waals surface area contributed by atoms with Crippen LogP contribution in [0.2, 0.25) is 0 Å². The fourth-order valence-electron chi connectivity index (χ4n) is 2.64. The van der Waals surface area contributed by atoms with E-state index in [9.17, 15) is 0 Å². The van der Waals surface area contributed by atoms with Gasteiger partial charge in [-0.05, 0) is 36.9 Å². The van der Waals surface area contributed by atoms with Crippen molar-refractivity contribution in [1.82, 2.24) is 5.32 Å². The highest BCUT2D eigenvalue weighted by Gasteiger charge is 1.96. The Hall–Kier alpha value is -1.35. The minimum atomic E-state index is -0.250. The molecule has 0 spiro atoms. The van der Waals surface area contributed by atoms with Crippen molar-refractivity contribution < 1.29 is 9.90 Å². The van der Waals surface area contributed by atoms with Gasteiger partial charge in [0.1, 0.15) is 0 Å². The van der Waals surface area contributed by atoms with E-state index in [1.165, 1.54) is 75.3 Å². The Morgan fingerprint density at radius 3 is 1.88 bits per heavy atom. The van der Waals surface area contributed by atoms with Gasteiger partial charge in [0, 0.05) is 6.54 Å². The highest BCUT2D eigenvalue weighted by molar-refractivity contribution is 5.32. The second kappa shape index (κ2) is 20.7. The first-order chi connectivity index (χ1) is 11.8. The summed E-state index contributed by atoms with van der Waals surface area (Å²) < 4.78 is 0. The van der Waals surface area contributed by atoms with E-state index in [4.69, 9.17) is 9.90 Å². The third-order valence-electron chi connectivity index (χ3n) is 4.13. The molecule has 25 heavy (non-hydrogen) atoms. The number of rotatable bonds is 13. The van der Waals surface area contributed by atoms with Crippen molar-refractivity contribution in [3.8, 4) is 0 Å². The maximum absolute atomic E-state index is 8.36. The molecule has 0 heterocycles. The lowest BCUT2D eigenvalue weighted by atomic mass is 10.0. The van der Waals surface area contributed by atoms with Gasteiger partial charge < -0.3 is 10.4 Å². The summed E-state index contributed by atoms with van der Waals surface area (Å²) in [7, 11) is 0. The summed E-state index contributed by atoms with van der Waals surface area (Å²) in [5, 5.41) is 10.4. The molecule has 2 N–H and O–H groups in total. The van der Waals surface area contributed by atoms with Crippen molar-refractivity contribution in [1.29, 1.82) is 0 Å². The molecule has 1 aromatic rings. The largest absolute Gasteiger partial charge is 0.483 e. The number of nitrogens with one attached hydrogen (secondary N) is 1. The van der Waals surface area contributed by atoms with Crippen molar-refractivity contribution in [2.45, 2.75) is 92.0 Å². The SMILES string of the molecule is C.CCCCCCCCCc1ccc(CNCCCC)cc1.O=CO. The molecule has 0 fully saturated rings. The molecular weight excluding hydrogens is 310 g/mol. The first-order valence-electron chi connectivity index (χ1n) is 9.64. The number of carbonyl (C=O) groups is 1. The molecule has 0 bridgehead atoms. The summed E-state index contributed by atoms with van der Waals surface area (Å²) in [6.45, 7) is 6.41. The van der Waals surface area contributed by atoms with Crippen molar-refractivity contribution in [2.24, 2.45) is 0 Å². The average Bonchev–Trinajstić information content (AvgIpc) is 2.60. The average molecular weight is 352 g/mol. The van der Waals surface area contributed by atoms with Gasteiger partial charge in [0.15, 0.2) is 0 Å². The number of hydrogen-bond donors (Lipinski definition) is 2. The second-order valence-corrected chi connectivity index (χ2v) is 6.32. The van der Waals surface area contributed by atoms with Crippen LogP contribution in [0, 0.1) is 0 Å². The van der Waals surface area contributed by atoms with E-state index in [1.54, 1.807) is 0 Å². The third kappa shape index (κ3) is 17.3. The lowest BCUT2D eigenvalue weighted by Gasteiger charge is -2.06. The molecule has 146 valence electrons. The third-order valence-corrected chi connectivity index (χ3v) is 4.13. The molecule has 1 aromatic carbocycles. The zero-order chi connectivity index (χ0) is 17.9. The molecule has 3 heteroatoms. The molecule has 0 unspecified atom stereocenters. The number of benzene rings is 1. The maximum Gasteiger partial charge on any atom is 0.290 e.